The highest BCUT2D eigenvalue weighted by Gasteiger charge is 2.09. The monoisotopic (exact) mass is 262 g/mol. The summed E-state index contributed by atoms with van der Waals surface area (Å²) < 4.78 is 6.96. The minimum absolute atomic E-state index is 0.00415. The number of hydrogen-bond donors (Lipinski definition) is 1. The number of nitro groups is 1. The highest BCUT2D eigenvalue weighted by molar-refractivity contribution is 5.56. The fraction of sp³-hybridized carbons (Fsp3) is 0.250. The van der Waals surface area contributed by atoms with E-state index in [1.54, 1.807) is 18.6 Å². The van der Waals surface area contributed by atoms with Crippen LogP contribution < -0.4 is 10.1 Å². The van der Waals surface area contributed by atoms with E-state index in [-0.39, 0.29) is 5.69 Å². The van der Waals surface area contributed by atoms with Crippen LogP contribution in [0.2, 0.25) is 0 Å². The molecule has 0 aliphatic heterocycles. The lowest BCUT2D eigenvalue weighted by molar-refractivity contribution is -0.384. The molecule has 0 aliphatic carbocycles. The van der Waals surface area contributed by atoms with Crippen LogP contribution >= 0.6 is 0 Å². The molecule has 0 saturated heterocycles. The number of rotatable bonds is 6. The van der Waals surface area contributed by atoms with Crippen molar-refractivity contribution in [2.75, 3.05) is 19.0 Å². The minimum Gasteiger partial charge on any atom is -0.496 e. The largest absolute Gasteiger partial charge is 0.496 e. The number of imidazole rings is 1. The quantitative estimate of drug-likeness (QED) is 0.635. The molecule has 0 atom stereocenters. The van der Waals surface area contributed by atoms with Crippen LogP contribution in [0, 0.1) is 10.1 Å². The first kappa shape index (κ1) is 12.9. The van der Waals surface area contributed by atoms with E-state index in [0.717, 1.165) is 6.54 Å². The third kappa shape index (κ3) is 3.44. The Morgan fingerprint density at radius 2 is 2.32 bits per heavy atom. The van der Waals surface area contributed by atoms with Crippen LogP contribution in [0.5, 0.6) is 5.75 Å². The first-order valence-corrected chi connectivity index (χ1v) is 5.72. The van der Waals surface area contributed by atoms with E-state index in [1.165, 1.54) is 19.2 Å². The summed E-state index contributed by atoms with van der Waals surface area (Å²) in [6, 6.07) is 4.60. The molecule has 1 aromatic heterocycles. The van der Waals surface area contributed by atoms with Gasteiger partial charge in [-0.2, -0.15) is 0 Å². The second-order valence-corrected chi connectivity index (χ2v) is 3.90. The van der Waals surface area contributed by atoms with Crippen LogP contribution in [0.1, 0.15) is 0 Å². The highest BCUT2D eigenvalue weighted by atomic mass is 16.6. The fourth-order valence-electron chi connectivity index (χ4n) is 1.66. The number of nitrogens with zero attached hydrogens (tertiary/aromatic N) is 3. The third-order valence-electron chi connectivity index (χ3n) is 2.60. The van der Waals surface area contributed by atoms with Crippen molar-refractivity contribution < 1.29 is 9.66 Å². The molecule has 100 valence electrons. The van der Waals surface area contributed by atoms with Gasteiger partial charge in [-0.3, -0.25) is 10.1 Å². The van der Waals surface area contributed by atoms with Gasteiger partial charge in [0.05, 0.1) is 24.4 Å². The van der Waals surface area contributed by atoms with E-state index in [1.807, 2.05) is 10.8 Å². The second kappa shape index (κ2) is 5.85. The van der Waals surface area contributed by atoms with Gasteiger partial charge >= 0.3 is 0 Å². The molecule has 1 N–H and O–H groups in total. The average molecular weight is 262 g/mol. The fourth-order valence-corrected chi connectivity index (χ4v) is 1.66. The third-order valence-corrected chi connectivity index (χ3v) is 2.60. The maximum absolute atomic E-state index is 10.8. The molecular weight excluding hydrogens is 248 g/mol. The van der Waals surface area contributed by atoms with E-state index in [0.29, 0.717) is 18.0 Å². The molecule has 0 spiro atoms. The van der Waals surface area contributed by atoms with Gasteiger partial charge in [0.1, 0.15) is 5.75 Å². The van der Waals surface area contributed by atoms with Crippen LogP contribution in [0.3, 0.4) is 0 Å². The standard InChI is InChI=1S/C12H14N4O3/c1-19-12-7-10(6-11(8-12)16(17)18)14-3-5-15-4-2-13-9-15/h2,4,6-9,14H,3,5H2,1H3. The topological polar surface area (TPSA) is 82.2 Å². The molecule has 0 unspecified atom stereocenters. The molecule has 0 radical (unpaired) electrons. The number of anilines is 1. The van der Waals surface area contributed by atoms with Crippen molar-refractivity contribution >= 4 is 11.4 Å². The lowest BCUT2D eigenvalue weighted by Gasteiger charge is -2.08. The Labute approximate surface area is 110 Å². The molecule has 7 nitrogen and oxygen atoms in total. The number of nitrogens with one attached hydrogen (secondary N) is 1. The van der Waals surface area contributed by atoms with Crippen LogP contribution in [0.4, 0.5) is 11.4 Å². The zero-order valence-electron chi connectivity index (χ0n) is 10.4. The van der Waals surface area contributed by atoms with Gasteiger partial charge in [0.2, 0.25) is 0 Å². The molecule has 1 heterocycles. The van der Waals surface area contributed by atoms with Gasteiger partial charge < -0.3 is 14.6 Å². The Morgan fingerprint density at radius 3 is 2.95 bits per heavy atom. The molecule has 7 heteroatoms. The SMILES string of the molecule is COc1cc(NCCn2ccnc2)cc([N+](=O)[O-])c1. The van der Waals surface area contributed by atoms with E-state index in [4.69, 9.17) is 4.74 Å². The molecule has 19 heavy (non-hydrogen) atoms. The highest BCUT2D eigenvalue weighted by Crippen LogP contribution is 2.25. The summed E-state index contributed by atoms with van der Waals surface area (Å²) in [7, 11) is 1.48. The van der Waals surface area contributed by atoms with Gasteiger partial charge in [0.15, 0.2) is 0 Å². The summed E-state index contributed by atoms with van der Waals surface area (Å²) in [5.74, 6) is 0.458. The van der Waals surface area contributed by atoms with Gasteiger partial charge in [-0.05, 0) is 0 Å². The maximum Gasteiger partial charge on any atom is 0.275 e. The number of benzene rings is 1. The molecule has 0 saturated carbocycles. The predicted octanol–water partition coefficient (Wildman–Crippen LogP) is 1.91. The molecular formula is C12H14N4O3. The van der Waals surface area contributed by atoms with Crippen LogP contribution in [0.25, 0.3) is 0 Å². The Bertz CT molecular complexity index is 554. The smallest absolute Gasteiger partial charge is 0.275 e. The summed E-state index contributed by atoms with van der Waals surface area (Å²) >= 11 is 0. The number of nitro benzene ring substituents is 1. The molecule has 0 aliphatic rings. The van der Waals surface area contributed by atoms with Crippen molar-refractivity contribution in [2.45, 2.75) is 6.54 Å². The zero-order chi connectivity index (χ0) is 13.7. The Kier molecular flexibility index (Phi) is 3.97. The van der Waals surface area contributed by atoms with E-state index in [2.05, 4.69) is 10.3 Å². The first-order valence-electron chi connectivity index (χ1n) is 5.72. The van der Waals surface area contributed by atoms with Gasteiger partial charge in [0, 0.05) is 43.3 Å². The number of aromatic nitrogens is 2. The van der Waals surface area contributed by atoms with E-state index in [9.17, 15) is 10.1 Å². The van der Waals surface area contributed by atoms with E-state index >= 15 is 0 Å². The summed E-state index contributed by atoms with van der Waals surface area (Å²) in [4.78, 5) is 14.3. The first-order chi connectivity index (χ1) is 9.19. The number of methoxy groups -OCH3 is 1. The van der Waals surface area contributed by atoms with Gasteiger partial charge in [-0.15, -0.1) is 0 Å². The van der Waals surface area contributed by atoms with Crippen molar-refractivity contribution in [1.82, 2.24) is 9.55 Å². The van der Waals surface area contributed by atoms with Gasteiger partial charge in [0.25, 0.3) is 5.69 Å². The van der Waals surface area contributed by atoms with Crippen LogP contribution in [-0.2, 0) is 6.54 Å². The number of hydrogen-bond acceptors (Lipinski definition) is 5. The summed E-state index contributed by atoms with van der Waals surface area (Å²) in [6.07, 6.45) is 5.28. The molecule has 1 aromatic carbocycles. The van der Waals surface area contributed by atoms with E-state index < -0.39 is 4.92 Å². The number of ether oxygens (including phenoxy) is 1. The Balaban J connectivity index is 2.02. The number of non-ortho nitro benzene ring substituents is 1. The summed E-state index contributed by atoms with van der Waals surface area (Å²) in [6.45, 7) is 1.37. The molecule has 2 aromatic rings. The van der Waals surface area contributed by atoms with Crippen molar-refractivity contribution in [3.63, 3.8) is 0 Å². The normalized spacial score (nSPS) is 10.2. The average Bonchev–Trinajstić information content (AvgIpc) is 2.91. The molecule has 0 fully saturated rings. The maximum atomic E-state index is 10.8. The Morgan fingerprint density at radius 1 is 1.47 bits per heavy atom. The Hall–Kier alpha value is -2.57. The summed E-state index contributed by atoms with van der Waals surface area (Å²) in [5.41, 5.74) is 0.663. The van der Waals surface area contributed by atoms with Crippen molar-refractivity contribution in [3.8, 4) is 5.75 Å². The van der Waals surface area contributed by atoms with Crippen LogP contribution in [-0.4, -0.2) is 28.1 Å². The molecule has 0 amide bonds. The zero-order valence-corrected chi connectivity index (χ0v) is 10.4. The van der Waals surface area contributed by atoms with Crippen molar-refractivity contribution in [3.05, 3.63) is 47.0 Å². The molecule has 2 rings (SSSR count). The minimum atomic E-state index is -0.441. The van der Waals surface area contributed by atoms with Crippen LogP contribution in [0.15, 0.2) is 36.9 Å². The van der Waals surface area contributed by atoms with Gasteiger partial charge in [-0.25, -0.2) is 4.98 Å². The predicted molar refractivity (Wildman–Crippen MR) is 70.4 cm³/mol. The summed E-state index contributed by atoms with van der Waals surface area (Å²) in [5, 5.41) is 13.9. The molecule has 0 bridgehead atoms. The van der Waals surface area contributed by atoms with Crippen molar-refractivity contribution in [2.24, 2.45) is 0 Å². The lowest BCUT2D eigenvalue weighted by atomic mass is 10.2. The van der Waals surface area contributed by atoms with Gasteiger partial charge in [-0.1, -0.05) is 0 Å². The lowest BCUT2D eigenvalue weighted by Crippen LogP contribution is -2.09. The van der Waals surface area contributed by atoms with Crippen molar-refractivity contribution in [1.29, 1.82) is 0 Å². The second-order valence-electron chi connectivity index (χ2n) is 3.90.